The van der Waals surface area contributed by atoms with Crippen molar-refractivity contribution in [3.8, 4) is 0 Å². The minimum atomic E-state index is -4.35. The van der Waals surface area contributed by atoms with E-state index in [-0.39, 0.29) is 12.5 Å². The van der Waals surface area contributed by atoms with Gasteiger partial charge < -0.3 is 4.90 Å². The van der Waals surface area contributed by atoms with E-state index in [1.54, 1.807) is 37.7 Å². The SMILES string of the molecule is CN(Cc1ccc(C(F)(F)F)cc1)C(=O)/C=C/c1ccncc1. The third-order valence-electron chi connectivity index (χ3n) is 3.20. The van der Waals surface area contributed by atoms with Gasteiger partial charge in [0, 0.05) is 32.1 Å². The molecule has 1 heterocycles. The van der Waals surface area contributed by atoms with Gasteiger partial charge in [-0.3, -0.25) is 9.78 Å². The molecule has 0 aliphatic rings. The molecular weight excluding hydrogens is 305 g/mol. The minimum absolute atomic E-state index is 0.234. The summed E-state index contributed by atoms with van der Waals surface area (Å²) in [6.45, 7) is 0.234. The quantitative estimate of drug-likeness (QED) is 0.804. The van der Waals surface area contributed by atoms with Gasteiger partial charge in [-0.05, 0) is 41.5 Å². The van der Waals surface area contributed by atoms with Crippen LogP contribution in [0.4, 0.5) is 13.2 Å². The lowest BCUT2D eigenvalue weighted by Gasteiger charge is -2.15. The molecule has 6 heteroatoms. The van der Waals surface area contributed by atoms with Gasteiger partial charge in [0.2, 0.25) is 5.91 Å². The fraction of sp³-hybridized carbons (Fsp3) is 0.176. The van der Waals surface area contributed by atoms with Crippen LogP contribution in [0.5, 0.6) is 0 Å². The maximum absolute atomic E-state index is 12.5. The summed E-state index contributed by atoms with van der Waals surface area (Å²) in [7, 11) is 1.59. The Morgan fingerprint density at radius 1 is 1.13 bits per heavy atom. The fourth-order valence-corrected chi connectivity index (χ4v) is 1.92. The lowest BCUT2D eigenvalue weighted by atomic mass is 10.1. The molecule has 1 aromatic carbocycles. The van der Waals surface area contributed by atoms with Gasteiger partial charge in [0.05, 0.1) is 5.56 Å². The summed E-state index contributed by atoms with van der Waals surface area (Å²) in [5.74, 6) is -0.235. The van der Waals surface area contributed by atoms with Crippen molar-refractivity contribution in [3.63, 3.8) is 0 Å². The smallest absolute Gasteiger partial charge is 0.338 e. The summed E-state index contributed by atoms with van der Waals surface area (Å²) in [5, 5.41) is 0. The maximum Gasteiger partial charge on any atom is 0.416 e. The summed E-state index contributed by atoms with van der Waals surface area (Å²) in [6.07, 6.45) is 1.96. The van der Waals surface area contributed by atoms with Crippen molar-refractivity contribution < 1.29 is 18.0 Å². The molecule has 120 valence electrons. The normalized spacial score (nSPS) is 11.7. The van der Waals surface area contributed by atoms with Crippen LogP contribution < -0.4 is 0 Å². The highest BCUT2D eigenvalue weighted by molar-refractivity contribution is 5.91. The van der Waals surface area contributed by atoms with Gasteiger partial charge in [-0.2, -0.15) is 13.2 Å². The first kappa shape index (κ1) is 16.7. The Bertz CT molecular complexity index is 679. The number of hydrogen-bond donors (Lipinski definition) is 0. The molecule has 2 aromatic rings. The van der Waals surface area contributed by atoms with E-state index in [0.29, 0.717) is 5.56 Å². The van der Waals surface area contributed by atoms with Crippen molar-refractivity contribution in [3.05, 3.63) is 71.6 Å². The second-order valence-electron chi connectivity index (χ2n) is 5.00. The van der Waals surface area contributed by atoms with Crippen molar-refractivity contribution >= 4 is 12.0 Å². The number of hydrogen-bond acceptors (Lipinski definition) is 2. The molecule has 0 bridgehead atoms. The lowest BCUT2D eigenvalue weighted by molar-refractivity contribution is -0.137. The highest BCUT2D eigenvalue weighted by Crippen LogP contribution is 2.29. The standard InChI is InChI=1S/C17H15F3N2O/c1-22(16(23)7-4-13-8-10-21-11-9-13)12-14-2-5-15(6-3-14)17(18,19)20/h2-11H,12H2,1H3/b7-4+. The lowest BCUT2D eigenvalue weighted by Crippen LogP contribution is -2.24. The number of amides is 1. The second kappa shape index (κ2) is 7.09. The summed E-state index contributed by atoms with van der Waals surface area (Å²) < 4.78 is 37.5. The third kappa shape index (κ3) is 4.95. The van der Waals surface area contributed by atoms with Gasteiger partial charge in [-0.1, -0.05) is 12.1 Å². The molecule has 0 aliphatic carbocycles. The van der Waals surface area contributed by atoms with E-state index in [9.17, 15) is 18.0 Å². The van der Waals surface area contributed by atoms with Crippen molar-refractivity contribution in [2.75, 3.05) is 7.05 Å². The van der Waals surface area contributed by atoms with E-state index in [1.807, 2.05) is 0 Å². The zero-order chi connectivity index (χ0) is 16.9. The molecule has 0 unspecified atom stereocenters. The number of halogens is 3. The third-order valence-corrected chi connectivity index (χ3v) is 3.20. The zero-order valence-electron chi connectivity index (χ0n) is 12.4. The van der Waals surface area contributed by atoms with E-state index in [1.165, 1.54) is 23.1 Å². The average Bonchev–Trinajstić information content (AvgIpc) is 2.53. The monoisotopic (exact) mass is 320 g/mol. The molecule has 23 heavy (non-hydrogen) atoms. The van der Waals surface area contributed by atoms with Crippen LogP contribution in [0.15, 0.2) is 54.9 Å². The molecule has 0 saturated heterocycles. The number of carbonyl (C=O) groups excluding carboxylic acids is 1. The summed E-state index contributed by atoms with van der Waals surface area (Å²) in [4.78, 5) is 17.3. The van der Waals surface area contributed by atoms with Gasteiger partial charge in [0.15, 0.2) is 0 Å². The molecule has 0 fully saturated rings. The summed E-state index contributed by atoms with van der Waals surface area (Å²) >= 11 is 0. The molecule has 1 aromatic heterocycles. The first-order valence-corrected chi connectivity index (χ1v) is 6.85. The van der Waals surface area contributed by atoms with Crippen molar-refractivity contribution in [1.29, 1.82) is 0 Å². The molecule has 2 rings (SSSR count). The number of likely N-dealkylation sites (N-methyl/N-ethyl adjacent to an activating group) is 1. The first-order chi connectivity index (χ1) is 10.9. The van der Waals surface area contributed by atoms with Crippen LogP contribution in [-0.4, -0.2) is 22.8 Å². The van der Waals surface area contributed by atoms with Crippen LogP contribution in [0.3, 0.4) is 0 Å². The van der Waals surface area contributed by atoms with Gasteiger partial charge in [0.25, 0.3) is 0 Å². The number of pyridine rings is 1. The highest BCUT2D eigenvalue weighted by Gasteiger charge is 2.29. The largest absolute Gasteiger partial charge is 0.416 e. The highest BCUT2D eigenvalue weighted by atomic mass is 19.4. The van der Waals surface area contributed by atoms with Crippen molar-refractivity contribution in [1.82, 2.24) is 9.88 Å². The molecule has 1 amide bonds. The Kier molecular flexibility index (Phi) is 5.16. The van der Waals surface area contributed by atoms with Crippen LogP contribution in [0, 0.1) is 0 Å². The Morgan fingerprint density at radius 3 is 2.30 bits per heavy atom. The van der Waals surface area contributed by atoms with Crippen LogP contribution in [0.1, 0.15) is 16.7 Å². The van der Waals surface area contributed by atoms with E-state index < -0.39 is 11.7 Å². The molecule has 0 spiro atoms. The topological polar surface area (TPSA) is 33.2 Å². The first-order valence-electron chi connectivity index (χ1n) is 6.85. The number of aromatic nitrogens is 1. The predicted octanol–water partition coefficient (Wildman–Crippen LogP) is 3.77. The van der Waals surface area contributed by atoms with E-state index in [2.05, 4.69) is 4.98 Å². The second-order valence-corrected chi connectivity index (χ2v) is 5.00. The van der Waals surface area contributed by atoms with Crippen molar-refractivity contribution in [2.24, 2.45) is 0 Å². The average molecular weight is 320 g/mol. The Morgan fingerprint density at radius 2 is 1.74 bits per heavy atom. The number of carbonyl (C=O) groups is 1. The van der Waals surface area contributed by atoms with Gasteiger partial charge in [-0.25, -0.2) is 0 Å². The Labute approximate surface area is 132 Å². The zero-order valence-corrected chi connectivity index (χ0v) is 12.4. The Hall–Kier alpha value is -2.63. The molecule has 0 radical (unpaired) electrons. The van der Waals surface area contributed by atoms with Crippen LogP contribution in [0.2, 0.25) is 0 Å². The van der Waals surface area contributed by atoms with Gasteiger partial charge in [-0.15, -0.1) is 0 Å². The number of alkyl halides is 3. The van der Waals surface area contributed by atoms with Gasteiger partial charge in [0.1, 0.15) is 0 Å². The van der Waals surface area contributed by atoms with Crippen LogP contribution in [0.25, 0.3) is 6.08 Å². The molecule has 3 nitrogen and oxygen atoms in total. The maximum atomic E-state index is 12.5. The number of nitrogens with zero attached hydrogens (tertiary/aromatic N) is 2. The molecule has 0 aliphatic heterocycles. The van der Waals surface area contributed by atoms with E-state index in [4.69, 9.17) is 0 Å². The number of rotatable bonds is 4. The van der Waals surface area contributed by atoms with Crippen LogP contribution >= 0.6 is 0 Å². The van der Waals surface area contributed by atoms with E-state index >= 15 is 0 Å². The minimum Gasteiger partial charge on any atom is -0.338 e. The molecular formula is C17H15F3N2O. The van der Waals surface area contributed by atoms with E-state index in [0.717, 1.165) is 17.7 Å². The summed E-state index contributed by atoms with van der Waals surface area (Å²) in [5.41, 5.74) is 0.773. The molecule has 0 N–H and O–H groups in total. The number of benzene rings is 1. The predicted molar refractivity (Wildman–Crippen MR) is 81.2 cm³/mol. The fourth-order valence-electron chi connectivity index (χ4n) is 1.92. The summed E-state index contributed by atoms with van der Waals surface area (Å²) in [6, 6.07) is 8.30. The van der Waals surface area contributed by atoms with Gasteiger partial charge >= 0.3 is 6.18 Å². The molecule has 0 saturated carbocycles. The molecule has 0 atom stereocenters. The van der Waals surface area contributed by atoms with Crippen molar-refractivity contribution in [2.45, 2.75) is 12.7 Å². The Balaban J connectivity index is 1.97. The van der Waals surface area contributed by atoms with Crippen LogP contribution in [-0.2, 0) is 17.5 Å².